The van der Waals surface area contributed by atoms with Gasteiger partial charge < -0.3 is 9.80 Å². The average Bonchev–Trinajstić information content (AvgIpc) is 2.77. The van der Waals surface area contributed by atoms with Gasteiger partial charge in [0.15, 0.2) is 0 Å². The van der Waals surface area contributed by atoms with Gasteiger partial charge in [-0.25, -0.2) is 0 Å². The summed E-state index contributed by atoms with van der Waals surface area (Å²) in [6.45, 7) is 8.77. The Kier molecular flexibility index (Phi) is 7.24. The van der Waals surface area contributed by atoms with E-state index in [1.165, 1.54) is 17.8 Å². The Balaban J connectivity index is 1.41. The summed E-state index contributed by atoms with van der Waals surface area (Å²) in [5, 5.41) is 0. The van der Waals surface area contributed by atoms with Crippen molar-refractivity contribution in [2.45, 2.75) is 42.7 Å². The van der Waals surface area contributed by atoms with Gasteiger partial charge in [-0.05, 0) is 49.2 Å². The van der Waals surface area contributed by atoms with Gasteiger partial charge in [-0.15, -0.1) is 0 Å². The number of fused-ring (bicyclic) bond motifs is 2. The van der Waals surface area contributed by atoms with E-state index in [1.54, 1.807) is 6.07 Å². The SMILES string of the molecule is CC(C)CC(=O)N1CCN(CCCN2c3ccccc3Sc3ccc(C(F)(F)F)cc32)CC1. The van der Waals surface area contributed by atoms with E-state index < -0.39 is 11.7 Å². The Morgan fingerprint density at radius 3 is 2.36 bits per heavy atom. The number of alkyl halides is 3. The van der Waals surface area contributed by atoms with Gasteiger partial charge in [0.2, 0.25) is 5.91 Å². The van der Waals surface area contributed by atoms with Gasteiger partial charge in [0.1, 0.15) is 0 Å². The minimum atomic E-state index is -4.37. The molecule has 1 fully saturated rings. The van der Waals surface area contributed by atoms with E-state index in [1.807, 2.05) is 34.1 Å². The lowest BCUT2D eigenvalue weighted by atomic mass is 10.1. The lowest BCUT2D eigenvalue weighted by Crippen LogP contribution is -2.49. The van der Waals surface area contributed by atoms with Crippen LogP contribution in [0.15, 0.2) is 52.3 Å². The molecule has 2 aliphatic rings. The molecule has 0 N–H and O–H groups in total. The fourth-order valence-corrected chi connectivity index (χ4v) is 5.47. The lowest BCUT2D eigenvalue weighted by Gasteiger charge is -2.36. The highest BCUT2D eigenvalue weighted by molar-refractivity contribution is 7.99. The van der Waals surface area contributed by atoms with Crippen molar-refractivity contribution in [3.05, 3.63) is 48.0 Å². The molecule has 8 heteroatoms. The fraction of sp³-hybridized carbons (Fsp3) is 0.480. The monoisotopic (exact) mass is 477 g/mol. The number of nitrogens with zero attached hydrogens (tertiary/aromatic N) is 3. The Morgan fingerprint density at radius 1 is 0.970 bits per heavy atom. The van der Waals surface area contributed by atoms with Gasteiger partial charge in [0.05, 0.1) is 16.9 Å². The molecule has 0 bridgehead atoms. The smallest absolute Gasteiger partial charge is 0.340 e. The molecule has 2 aliphatic heterocycles. The molecule has 0 radical (unpaired) electrons. The summed E-state index contributed by atoms with van der Waals surface area (Å²) in [6.07, 6.45) is -2.95. The predicted octanol–water partition coefficient (Wildman–Crippen LogP) is 5.89. The first-order valence-corrected chi connectivity index (χ1v) is 12.3. The Hall–Kier alpha value is -2.19. The molecule has 2 heterocycles. The zero-order valence-corrected chi connectivity index (χ0v) is 19.9. The van der Waals surface area contributed by atoms with E-state index in [0.29, 0.717) is 24.6 Å². The van der Waals surface area contributed by atoms with E-state index in [2.05, 4.69) is 18.7 Å². The molecular weight excluding hydrogens is 447 g/mol. The zero-order valence-electron chi connectivity index (χ0n) is 19.1. The highest BCUT2D eigenvalue weighted by Gasteiger charge is 2.33. The van der Waals surface area contributed by atoms with Crippen molar-refractivity contribution in [1.82, 2.24) is 9.80 Å². The van der Waals surface area contributed by atoms with Crippen molar-refractivity contribution in [1.29, 1.82) is 0 Å². The number of rotatable bonds is 6. The normalized spacial score (nSPS) is 16.7. The molecule has 33 heavy (non-hydrogen) atoms. The fourth-order valence-electron chi connectivity index (χ4n) is 4.40. The number of anilines is 2. The lowest BCUT2D eigenvalue weighted by molar-refractivity contribution is -0.137. The van der Waals surface area contributed by atoms with Crippen LogP contribution in [0.4, 0.5) is 24.5 Å². The minimum Gasteiger partial charge on any atom is -0.340 e. The summed E-state index contributed by atoms with van der Waals surface area (Å²) < 4.78 is 40.1. The number of hydrogen-bond donors (Lipinski definition) is 0. The standard InChI is InChI=1S/C25H30F3N3OS/c1-18(2)16-24(32)30-14-12-29(13-15-30)10-5-11-31-20-6-3-4-7-22(20)33-23-9-8-19(17-21(23)31)25(26,27)28/h3-4,6-9,17-18H,5,10-16H2,1-2H3. The van der Waals surface area contributed by atoms with Crippen LogP contribution in [-0.2, 0) is 11.0 Å². The Morgan fingerprint density at radius 2 is 1.67 bits per heavy atom. The molecule has 0 aliphatic carbocycles. The van der Waals surface area contributed by atoms with E-state index >= 15 is 0 Å². The topological polar surface area (TPSA) is 26.8 Å². The van der Waals surface area contributed by atoms with Crippen molar-refractivity contribution < 1.29 is 18.0 Å². The number of para-hydroxylation sites is 1. The molecule has 0 saturated carbocycles. The largest absolute Gasteiger partial charge is 0.416 e. The second-order valence-electron chi connectivity index (χ2n) is 9.08. The second kappa shape index (κ2) is 9.97. The zero-order chi connectivity index (χ0) is 23.6. The predicted molar refractivity (Wildman–Crippen MR) is 126 cm³/mol. The van der Waals surface area contributed by atoms with Crippen LogP contribution in [0.1, 0.15) is 32.3 Å². The van der Waals surface area contributed by atoms with Gasteiger partial charge in [0.25, 0.3) is 0 Å². The molecule has 0 atom stereocenters. The van der Waals surface area contributed by atoms with E-state index in [-0.39, 0.29) is 5.91 Å². The summed E-state index contributed by atoms with van der Waals surface area (Å²) in [5.74, 6) is 0.589. The maximum atomic E-state index is 13.4. The summed E-state index contributed by atoms with van der Waals surface area (Å²) >= 11 is 1.52. The number of carbonyl (C=O) groups excluding carboxylic acids is 1. The van der Waals surface area contributed by atoms with Crippen molar-refractivity contribution >= 4 is 29.0 Å². The summed E-state index contributed by atoms with van der Waals surface area (Å²) in [5.41, 5.74) is 0.962. The first kappa shape index (κ1) is 24.0. The molecule has 1 amide bonds. The van der Waals surface area contributed by atoms with Crippen LogP contribution in [0, 0.1) is 5.92 Å². The van der Waals surface area contributed by atoms with Crippen LogP contribution >= 0.6 is 11.8 Å². The van der Waals surface area contributed by atoms with E-state index in [4.69, 9.17) is 0 Å². The van der Waals surface area contributed by atoms with Gasteiger partial charge in [-0.2, -0.15) is 13.2 Å². The van der Waals surface area contributed by atoms with Gasteiger partial charge >= 0.3 is 6.18 Å². The van der Waals surface area contributed by atoms with E-state index in [9.17, 15) is 18.0 Å². The van der Waals surface area contributed by atoms with Crippen LogP contribution in [0.25, 0.3) is 0 Å². The molecule has 1 saturated heterocycles. The summed E-state index contributed by atoms with van der Waals surface area (Å²) in [4.78, 5) is 20.5. The van der Waals surface area contributed by atoms with E-state index in [0.717, 1.165) is 60.7 Å². The van der Waals surface area contributed by atoms with Gasteiger partial charge in [-0.1, -0.05) is 37.7 Å². The van der Waals surface area contributed by atoms with Crippen LogP contribution in [0.3, 0.4) is 0 Å². The minimum absolute atomic E-state index is 0.226. The first-order valence-electron chi connectivity index (χ1n) is 11.5. The van der Waals surface area contributed by atoms with Crippen LogP contribution in [0.2, 0.25) is 0 Å². The molecular formula is C25H30F3N3OS. The van der Waals surface area contributed by atoms with Crippen molar-refractivity contribution in [3.8, 4) is 0 Å². The van der Waals surface area contributed by atoms with Crippen molar-refractivity contribution in [3.63, 3.8) is 0 Å². The van der Waals surface area contributed by atoms with Gasteiger partial charge in [-0.3, -0.25) is 9.69 Å². The number of piperazine rings is 1. The molecule has 4 rings (SSSR count). The maximum Gasteiger partial charge on any atom is 0.416 e. The summed E-state index contributed by atoms with van der Waals surface area (Å²) in [7, 11) is 0. The third-order valence-corrected chi connectivity index (χ3v) is 7.25. The Labute approximate surface area is 197 Å². The van der Waals surface area contributed by atoms with Gasteiger partial charge in [0, 0.05) is 48.9 Å². The highest BCUT2D eigenvalue weighted by atomic mass is 32.2. The average molecular weight is 478 g/mol. The van der Waals surface area contributed by atoms with Crippen LogP contribution < -0.4 is 4.90 Å². The number of halogens is 3. The number of amides is 1. The number of hydrogen-bond acceptors (Lipinski definition) is 4. The quantitative estimate of drug-likeness (QED) is 0.519. The second-order valence-corrected chi connectivity index (χ2v) is 10.2. The van der Waals surface area contributed by atoms with Crippen molar-refractivity contribution in [2.24, 2.45) is 5.92 Å². The molecule has 178 valence electrons. The molecule has 0 unspecified atom stereocenters. The number of benzene rings is 2. The third-order valence-electron chi connectivity index (χ3n) is 6.12. The Bertz CT molecular complexity index is 987. The van der Waals surface area contributed by atoms with Crippen LogP contribution in [-0.4, -0.2) is 55.0 Å². The molecule has 2 aromatic rings. The third kappa shape index (κ3) is 5.66. The maximum absolute atomic E-state index is 13.4. The highest BCUT2D eigenvalue weighted by Crippen LogP contribution is 2.49. The molecule has 0 aromatic heterocycles. The summed E-state index contributed by atoms with van der Waals surface area (Å²) in [6, 6.07) is 11.9. The molecule has 2 aromatic carbocycles. The first-order chi connectivity index (χ1) is 15.7. The van der Waals surface area contributed by atoms with Crippen molar-refractivity contribution in [2.75, 3.05) is 44.2 Å². The number of carbonyl (C=O) groups is 1. The van der Waals surface area contributed by atoms with Crippen LogP contribution in [0.5, 0.6) is 0 Å². The molecule has 4 nitrogen and oxygen atoms in total. The molecule has 0 spiro atoms.